The van der Waals surface area contributed by atoms with Gasteiger partial charge in [0.05, 0.1) is 6.04 Å². The molecular weight excluding hydrogens is 300 g/mol. The number of benzene rings is 2. The van der Waals surface area contributed by atoms with E-state index >= 15 is 0 Å². The van der Waals surface area contributed by atoms with E-state index in [-0.39, 0.29) is 12.1 Å². The number of rotatable bonds is 2. The quantitative estimate of drug-likeness (QED) is 0.691. The number of anilines is 1. The molecule has 1 aliphatic heterocycles. The number of carbonyl (C=O) groups is 1. The lowest BCUT2D eigenvalue weighted by atomic mass is 10.2. The lowest BCUT2D eigenvalue weighted by Crippen LogP contribution is -2.41. The molecule has 4 nitrogen and oxygen atoms in total. The zero-order valence-electron chi connectivity index (χ0n) is 13.9. The first-order valence-electron chi connectivity index (χ1n) is 8.26. The van der Waals surface area contributed by atoms with E-state index in [4.69, 9.17) is 4.42 Å². The van der Waals surface area contributed by atoms with Gasteiger partial charge >= 0.3 is 6.03 Å². The van der Waals surface area contributed by atoms with Gasteiger partial charge in [-0.25, -0.2) is 4.79 Å². The van der Waals surface area contributed by atoms with Crippen molar-refractivity contribution in [2.75, 3.05) is 18.5 Å². The molecule has 0 fully saturated rings. The summed E-state index contributed by atoms with van der Waals surface area (Å²) in [6.45, 7) is 2.73. The van der Waals surface area contributed by atoms with E-state index in [1.165, 1.54) is 5.56 Å². The minimum absolute atomic E-state index is 0.00732. The van der Waals surface area contributed by atoms with Crippen molar-refractivity contribution in [2.24, 2.45) is 0 Å². The topological polar surface area (TPSA) is 36.7 Å². The summed E-state index contributed by atoms with van der Waals surface area (Å²) in [7, 11) is 1.83. The van der Waals surface area contributed by atoms with Crippen molar-refractivity contribution < 1.29 is 9.21 Å². The van der Waals surface area contributed by atoms with Gasteiger partial charge in [0.1, 0.15) is 11.3 Å². The molecule has 0 aliphatic carbocycles. The zero-order valence-corrected chi connectivity index (χ0v) is 13.9. The first-order chi connectivity index (χ1) is 11.6. The number of hydrogen-bond acceptors (Lipinski definition) is 2. The lowest BCUT2D eigenvalue weighted by Gasteiger charge is -2.29. The molecule has 1 unspecified atom stereocenters. The number of hydrogen-bond donors (Lipinski definition) is 0. The zero-order chi connectivity index (χ0) is 16.7. The van der Waals surface area contributed by atoms with Gasteiger partial charge in [-0.05, 0) is 37.1 Å². The van der Waals surface area contributed by atoms with Crippen LogP contribution in [0.15, 0.2) is 59.0 Å². The summed E-state index contributed by atoms with van der Waals surface area (Å²) in [5.41, 5.74) is 3.11. The Hall–Kier alpha value is -2.75. The Morgan fingerprint density at radius 1 is 1.17 bits per heavy atom. The second-order valence-corrected chi connectivity index (χ2v) is 6.29. The summed E-state index contributed by atoms with van der Waals surface area (Å²) >= 11 is 0. The van der Waals surface area contributed by atoms with E-state index < -0.39 is 0 Å². The fourth-order valence-electron chi connectivity index (χ4n) is 3.29. The molecule has 4 heteroatoms. The van der Waals surface area contributed by atoms with Crippen LogP contribution in [0.5, 0.6) is 0 Å². The Labute approximate surface area is 141 Å². The SMILES string of the molecule is CC(c1cc2ccccc2o1)N(C)C(=O)N1CCc2ccccc21. The predicted molar refractivity (Wildman–Crippen MR) is 95.3 cm³/mol. The molecule has 24 heavy (non-hydrogen) atoms. The number of amides is 2. The molecule has 1 aliphatic rings. The van der Waals surface area contributed by atoms with Crippen LogP contribution in [0.25, 0.3) is 11.0 Å². The van der Waals surface area contributed by atoms with Gasteiger partial charge < -0.3 is 9.32 Å². The first kappa shape index (κ1) is 14.8. The highest BCUT2D eigenvalue weighted by Gasteiger charge is 2.29. The third-order valence-corrected chi connectivity index (χ3v) is 4.86. The molecule has 0 spiro atoms. The van der Waals surface area contributed by atoms with E-state index in [1.54, 1.807) is 4.90 Å². The van der Waals surface area contributed by atoms with Gasteiger partial charge in [-0.2, -0.15) is 0 Å². The molecule has 0 N–H and O–H groups in total. The average Bonchev–Trinajstić information content (AvgIpc) is 3.23. The summed E-state index contributed by atoms with van der Waals surface area (Å²) in [6.07, 6.45) is 0.911. The molecule has 2 heterocycles. The Kier molecular flexibility index (Phi) is 3.53. The second-order valence-electron chi connectivity index (χ2n) is 6.29. The standard InChI is InChI=1S/C20H20N2O2/c1-14(19-13-16-8-4-6-10-18(16)24-19)21(2)20(23)22-12-11-15-7-3-5-9-17(15)22/h3-10,13-14H,11-12H2,1-2H3. The number of para-hydroxylation sites is 2. The summed E-state index contributed by atoms with van der Waals surface area (Å²) in [4.78, 5) is 16.6. The predicted octanol–water partition coefficient (Wildman–Crippen LogP) is 4.61. The van der Waals surface area contributed by atoms with Crippen LogP contribution in [0.2, 0.25) is 0 Å². The van der Waals surface area contributed by atoms with Gasteiger partial charge in [-0.15, -0.1) is 0 Å². The maximum Gasteiger partial charge on any atom is 0.324 e. The van der Waals surface area contributed by atoms with Gasteiger partial charge in [0, 0.05) is 24.7 Å². The summed E-state index contributed by atoms with van der Waals surface area (Å²) in [5, 5.41) is 1.06. The molecule has 0 saturated heterocycles. The molecule has 0 saturated carbocycles. The Bertz CT molecular complexity index is 866. The number of nitrogens with zero attached hydrogens (tertiary/aromatic N) is 2. The summed E-state index contributed by atoms with van der Waals surface area (Å²) in [6, 6.07) is 17.9. The van der Waals surface area contributed by atoms with Crippen LogP contribution in [0.3, 0.4) is 0 Å². The van der Waals surface area contributed by atoms with Crippen molar-refractivity contribution in [3.05, 3.63) is 65.9 Å². The highest BCUT2D eigenvalue weighted by atomic mass is 16.3. The molecular formula is C20H20N2O2. The number of fused-ring (bicyclic) bond motifs is 2. The van der Waals surface area contributed by atoms with Crippen molar-refractivity contribution in [1.82, 2.24) is 4.90 Å². The first-order valence-corrected chi connectivity index (χ1v) is 8.26. The van der Waals surface area contributed by atoms with Crippen LogP contribution in [-0.2, 0) is 6.42 Å². The second kappa shape index (κ2) is 5.71. The molecule has 1 atom stereocenters. The van der Waals surface area contributed by atoms with E-state index in [0.717, 1.165) is 35.4 Å². The van der Waals surface area contributed by atoms with Crippen molar-refractivity contribution in [3.63, 3.8) is 0 Å². The van der Waals surface area contributed by atoms with Crippen LogP contribution in [0, 0.1) is 0 Å². The van der Waals surface area contributed by atoms with E-state index in [0.29, 0.717) is 0 Å². The van der Waals surface area contributed by atoms with Gasteiger partial charge in [0.15, 0.2) is 0 Å². The van der Waals surface area contributed by atoms with Crippen LogP contribution in [0.1, 0.15) is 24.3 Å². The van der Waals surface area contributed by atoms with Crippen LogP contribution in [-0.4, -0.2) is 24.5 Å². The van der Waals surface area contributed by atoms with Gasteiger partial charge in [0.2, 0.25) is 0 Å². The summed E-state index contributed by atoms with van der Waals surface area (Å²) in [5.74, 6) is 0.805. The Morgan fingerprint density at radius 2 is 1.92 bits per heavy atom. The minimum Gasteiger partial charge on any atom is -0.459 e. The van der Waals surface area contributed by atoms with Crippen LogP contribution in [0.4, 0.5) is 10.5 Å². The fraction of sp³-hybridized carbons (Fsp3) is 0.250. The van der Waals surface area contributed by atoms with Gasteiger partial charge in [-0.3, -0.25) is 4.90 Å². The van der Waals surface area contributed by atoms with Crippen molar-refractivity contribution in [1.29, 1.82) is 0 Å². The third-order valence-electron chi connectivity index (χ3n) is 4.86. The lowest BCUT2D eigenvalue weighted by molar-refractivity contribution is 0.195. The molecule has 2 amide bonds. The number of urea groups is 1. The third kappa shape index (κ3) is 2.35. The van der Waals surface area contributed by atoms with Crippen molar-refractivity contribution >= 4 is 22.7 Å². The largest absolute Gasteiger partial charge is 0.459 e. The monoisotopic (exact) mass is 320 g/mol. The van der Waals surface area contributed by atoms with Gasteiger partial charge in [0.25, 0.3) is 0 Å². The van der Waals surface area contributed by atoms with E-state index in [2.05, 4.69) is 6.07 Å². The average molecular weight is 320 g/mol. The molecule has 2 aromatic carbocycles. The summed E-state index contributed by atoms with van der Waals surface area (Å²) < 4.78 is 5.92. The molecule has 1 aromatic heterocycles. The smallest absolute Gasteiger partial charge is 0.324 e. The normalized spacial score (nSPS) is 14.7. The van der Waals surface area contributed by atoms with Gasteiger partial charge in [-0.1, -0.05) is 36.4 Å². The van der Waals surface area contributed by atoms with Crippen molar-refractivity contribution in [2.45, 2.75) is 19.4 Å². The van der Waals surface area contributed by atoms with Crippen molar-refractivity contribution in [3.8, 4) is 0 Å². The fourth-order valence-corrected chi connectivity index (χ4v) is 3.29. The Balaban J connectivity index is 1.59. The maximum absolute atomic E-state index is 12.9. The van der Waals surface area contributed by atoms with E-state index in [9.17, 15) is 4.79 Å². The molecule has 0 radical (unpaired) electrons. The number of carbonyl (C=O) groups excluding carboxylic acids is 1. The maximum atomic E-state index is 12.9. The minimum atomic E-state index is -0.127. The molecule has 122 valence electrons. The highest BCUT2D eigenvalue weighted by molar-refractivity contribution is 5.94. The molecule has 4 rings (SSSR count). The molecule has 0 bridgehead atoms. The Morgan fingerprint density at radius 3 is 2.75 bits per heavy atom. The number of furan rings is 1. The van der Waals surface area contributed by atoms with Crippen LogP contribution < -0.4 is 4.90 Å². The van der Waals surface area contributed by atoms with Crippen LogP contribution >= 0.6 is 0 Å². The highest BCUT2D eigenvalue weighted by Crippen LogP contribution is 2.31. The molecule has 3 aromatic rings. The van der Waals surface area contributed by atoms with E-state index in [1.807, 2.05) is 67.4 Å².